The van der Waals surface area contributed by atoms with Crippen LogP contribution in [-0.2, 0) is 19.3 Å². The van der Waals surface area contributed by atoms with Crippen molar-refractivity contribution in [2.24, 2.45) is 0 Å². The summed E-state index contributed by atoms with van der Waals surface area (Å²) in [6.07, 6.45) is 14.1. The van der Waals surface area contributed by atoms with E-state index in [9.17, 15) is 5.11 Å². The molecule has 0 heterocycles. The van der Waals surface area contributed by atoms with Crippen LogP contribution in [0.15, 0.2) is 12.1 Å². The van der Waals surface area contributed by atoms with Crippen molar-refractivity contribution in [2.45, 2.75) is 77.6 Å². The highest BCUT2D eigenvalue weighted by molar-refractivity contribution is 5.45. The van der Waals surface area contributed by atoms with Crippen molar-refractivity contribution >= 4 is 0 Å². The highest BCUT2D eigenvalue weighted by Gasteiger charge is 2.16. The van der Waals surface area contributed by atoms with Crippen molar-refractivity contribution in [1.82, 2.24) is 0 Å². The maximum absolute atomic E-state index is 9.95. The fourth-order valence-corrected chi connectivity index (χ4v) is 3.25. The molecule has 1 aromatic carbocycles. The van der Waals surface area contributed by atoms with Crippen molar-refractivity contribution in [3.05, 3.63) is 28.8 Å². The Morgan fingerprint density at radius 3 is 2.37 bits per heavy atom. The summed E-state index contributed by atoms with van der Waals surface area (Å²) in [6, 6.07) is 4.07. The Hall–Kier alpha value is -0.980. The Morgan fingerprint density at radius 2 is 1.58 bits per heavy atom. The molecule has 1 nitrogen and oxygen atoms in total. The van der Waals surface area contributed by atoms with Crippen LogP contribution >= 0.6 is 0 Å². The van der Waals surface area contributed by atoms with E-state index >= 15 is 0 Å². The van der Waals surface area contributed by atoms with Crippen molar-refractivity contribution in [1.29, 1.82) is 0 Å². The van der Waals surface area contributed by atoms with E-state index in [-0.39, 0.29) is 0 Å². The van der Waals surface area contributed by atoms with Gasteiger partial charge in [-0.3, -0.25) is 0 Å². The van der Waals surface area contributed by atoms with Crippen molar-refractivity contribution in [3.8, 4) is 5.75 Å². The van der Waals surface area contributed by atoms with Gasteiger partial charge in [-0.1, -0.05) is 45.1 Å². The Bertz CT molecular complexity index is 395. The van der Waals surface area contributed by atoms with Gasteiger partial charge in [0.25, 0.3) is 0 Å². The fraction of sp³-hybridized carbons (Fsp3) is 0.667. The van der Waals surface area contributed by atoms with Gasteiger partial charge in [0.05, 0.1) is 0 Å². The van der Waals surface area contributed by atoms with Gasteiger partial charge in [0, 0.05) is 0 Å². The van der Waals surface area contributed by atoms with Gasteiger partial charge in [-0.2, -0.15) is 0 Å². The average molecular weight is 260 g/mol. The summed E-state index contributed by atoms with van der Waals surface area (Å²) in [5.41, 5.74) is 4.22. The maximum Gasteiger partial charge on any atom is 0.119 e. The van der Waals surface area contributed by atoms with Crippen LogP contribution in [0.1, 0.15) is 75.0 Å². The molecule has 0 fully saturated rings. The number of rotatable bonds is 7. The van der Waals surface area contributed by atoms with E-state index in [1.807, 2.05) is 6.07 Å². The monoisotopic (exact) mass is 260 g/mol. The summed E-state index contributed by atoms with van der Waals surface area (Å²) in [7, 11) is 0. The van der Waals surface area contributed by atoms with Crippen LogP contribution in [0.5, 0.6) is 5.75 Å². The largest absolute Gasteiger partial charge is 0.508 e. The molecule has 2 rings (SSSR count). The van der Waals surface area contributed by atoms with E-state index < -0.39 is 0 Å². The lowest BCUT2D eigenvalue weighted by atomic mass is 9.86. The first-order chi connectivity index (χ1) is 9.33. The molecule has 1 aliphatic rings. The SMILES string of the molecule is CCCCCCCCc1ccc(O)c2c1CCCC2. The second kappa shape index (κ2) is 7.57. The number of aromatic hydroxyl groups is 1. The summed E-state index contributed by atoms with van der Waals surface area (Å²) in [6.45, 7) is 2.27. The van der Waals surface area contributed by atoms with Gasteiger partial charge in [-0.25, -0.2) is 0 Å². The van der Waals surface area contributed by atoms with E-state index in [4.69, 9.17) is 0 Å². The molecule has 0 unspecified atom stereocenters. The molecule has 0 aromatic heterocycles. The third kappa shape index (κ3) is 3.99. The molecule has 0 saturated carbocycles. The molecule has 106 valence electrons. The number of aryl methyl sites for hydroxylation is 1. The molecular formula is C18H28O. The first kappa shape index (κ1) is 14.4. The first-order valence-corrected chi connectivity index (χ1v) is 8.15. The topological polar surface area (TPSA) is 20.2 Å². The third-order valence-corrected chi connectivity index (χ3v) is 4.41. The molecule has 0 amide bonds. The van der Waals surface area contributed by atoms with E-state index in [1.54, 1.807) is 0 Å². The lowest BCUT2D eigenvalue weighted by Gasteiger charge is -2.20. The Morgan fingerprint density at radius 1 is 0.895 bits per heavy atom. The number of hydrogen-bond acceptors (Lipinski definition) is 1. The Labute approximate surface area is 118 Å². The van der Waals surface area contributed by atoms with Crippen LogP contribution in [0.25, 0.3) is 0 Å². The molecule has 0 saturated heterocycles. The number of hydrogen-bond donors (Lipinski definition) is 1. The van der Waals surface area contributed by atoms with Crippen LogP contribution in [0.3, 0.4) is 0 Å². The molecule has 0 bridgehead atoms. The van der Waals surface area contributed by atoms with Crippen LogP contribution in [0, 0.1) is 0 Å². The smallest absolute Gasteiger partial charge is 0.119 e. The number of phenolic OH excluding ortho intramolecular Hbond substituents is 1. The Balaban J connectivity index is 1.86. The maximum atomic E-state index is 9.95. The molecule has 0 radical (unpaired) electrons. The minimum atomic E-state index is 0.529. The molecule has 0 aliphatic heterocycles. The number of benzene rings is 1. The van der Waals surface area contributed by atoms with Crippen molar-refractivity contribution < 1.29 is 5.11 Å². The third-order valence-electron chi connectivity index (χ3n) is 4.41. The van der Waals surface area contributed by atoms with Crippen molar-refractivity contribution in [2.75, 3.05) is 0 Å². The van der Waals surface area contributed by atoms with Gasteiger partial charge in [-0.15, -0.1) is 0 Å². The lowest BCUT2D eigenvalue weighted by molar-refractivity contribution is 0.461. The van der Waals surface area contributed by atoms with E-state index in [1.165, 1.54) is 80.9 Å². The molecule has 1 heteroatoms. The van der Waals surface area contributed by atoms with Gasteiger partial charge in [-0.05, 0) is 61.3 Å². The normalized spacial score (nSPS) is 14.4. The van der Waals surface area contributed by atoms with Gasteiger partial charge in [0.1, 0.15) is 5.75 Å². The zero-order chi connectivity index (χ0) is 13.5. The molecule has 0 spiro atoms. The van der Waals surface area contributed by atoms with Gasteiger partial charge in [0.15, 0.2) is 0 Å². The highest BCUT2D eigenvalue weighted by atomic mass is 16.3. The second-order valence-corrected chi connectivity index (χ2v) is 5.93. The second-order valence-electron chi connectivity index (χ2n) is 5.93. The molecular weight excluding hydrogens is 232 g/mol. The van der Waals surface area contributed by atoms with Crippen LogP contribution in [0.4, 0.5) is 0 Å². The summed E-state index contributed by atoms with van der Waals surface area (Å²) in [4.78, 5) is 0. The standard InChI is InChI=1S/C18H28O/c1-2-3-4-5-6-7-10-15-13-14-18(19)17-12-9-8-11-16(15)17/h13-14,19H,2-12H2,1H3. The number of phenols is 1. The van der Waals surface area contributed by atoms with Gasteiger partial charge >= 0.3 is 0 Å². The highest BCUT2D eigenvalue weighted by Crippen LogP contribution is 2.32. The summed E-state index contributed by atoms with van der Waals surface area (Å²) < 4.78 is 0. The first-order valence-electron chi connectivity index (χ1n) is 8.15. The Kier molecular flexibility index (Phi) is 5.75. The quantitative estimate of drug-likeness (QED) is 0.670. The summed E-state index contributed by atoms with van der Waals surface area (Å²) >= 11 is 0. The van der Waals surface area contributed by atoms with Crippen LogP contribution < -0.4 is 0 Å². The van der Waals surface area contributed by atoms with E-state index in [0.717, 1.165) is 6.42 Å². The zero-order valence-corrected chi connectivity index (χ0v) is 12.4. The summed E-state index contributed by atoms with van der Waals surface area (Å²) in [5.74, 6) is 0.529. The molecule has 1 N–H and O–H groups in total. The molecule has 1 aliphatic carbocycles. The number of unbranched alkanes of at least 4 members (excludes halogenated alkanes) is 5. The lowest BCUT2D eigenvalue weighted by Crippen LogP contribution is -2.06. The van der Waals surface area contributed by atoms with Gasteiger partial charge in [0.2, 0.25) is 0 Å². The number of fused-ring (bicyclic) bond motifs is 1. The van der Waals surface area contributed by atoms with Crippen molar-refractivity contribution in [3.63, 3.8) is 0 Å². The molecule has 1 aromatic rings. The predicted molar refractivity (Wildman–Crippen MR) is 81.8 cm³/mol. The average Bonchev–Trinajstić information content (AvgIpc) is 2.45. The fourth-order valence-electron chi connectivity index (χ4n) is 3.25. The van der Waals surface area contributed by atoms with Crippen LogP contribution in [0.2, 0.25) is 0 Å². The molecule has 19 heavy (non-hydrogen) atoms. The zero-order valence-electron chi connectivity index (χ0n) is 12.4. The predicted octanol–water partition coefficient (Wildman–Crippen LogP) is 5.17. The molecule has 0 atom stereocenters. The summed E-state index contributed by atoms with van der Waals surface area (Å²) in [5, 5.41) is 9.95. The minimum absolute atomic E-state index is 0.529. The van der Waals surface area contributed by atoms with Gasteiger partial charge < -0.3 is 5.11 Å². The van der Waals surface area contributed by atoms with Crippen LogP contribution in [-0.4, -0.2) is 5.11 Å². The minimum Gasteiger partial charge on any atom is -0.508 e. The van der Waals surface area contributed by atoms with E-state index in [0.29, 0.717) is 5.75 Å². The van der Waals surface area contributed by atoms with E-state index in [2.05, 4.69) is 13.0 Å².